The van der Waals surface area contributed by atoms with E-state index >= 15 is 0 Å². The molecule has 7 atom stereocenters. The molecule has 4 heterocycles. The quantitative estimate of drug-likeness (QED) is 0.541. The van der Waals surface area contributed by atoms with Gasteiger partial charge in [-0.2, -0.15) is 0 Å². The molecule has 1 aromatic heterocycles. The minimum absolute atomic E-state index is 0.0157. The number of aromatic hydroxyl groups is 1. The Kier molecular flexibility index (Phi) is 5.64. The van der Waals surface area contributed by atoms with Gasteiger partial charge in [0.1, 0.15) is 6.54 Å². The Balaban J connectivity index is 1.23. The summed E-state index contributed by atoms with van der Waals surface area (Å²) in [4.78, 5) is 59.3. The molecule has 0 spiro atoms. The van der Waals surface area contributed by atoms with Crippen LogP contribution in [0.25, 0.3) is 0 Å². The number of aromatic amines is 1. The summed E-state index contributed by atoms with van der Waals surface area (Å²) in [6.45, 7) is 1.63. The zero-order valence-electron chi connectivity index (χ0n) is 20.6. The summed E-state index contributed by atoms with van der Waals surface area (Å²) < 4.78 is 10.7. The number of aromatic nitrogens is 1. The third kappa shape index (κ3) is 3.42. The third-order valence-corrected chi connectivity index (χ3v) is 11.6. The lowest BCUT2D eigenvalue weighted by Crippen LogP contribution is -2.47. The topological polar surface area (TPSA) is 129 Å². The molecule has 10 nitrogen and oxygen atoms in total. The van der Waals surface area contributed by atoms with Gasteiger partial charge in [0.2, 0.25) is 17.7 Å². The van der Waals surface area contributed by atoms with Crippen molar-refractivity contribution in [1.29, 1.82) is 0 Å². The van der Waals surface area contributed by atoms with E-state index in [4.69, 9.17) is 9.47 Å². The Labute approximate surface area is 226 Å². The number of ether oxygens (including phenoxy) is 2. The van der Waals surface area contributed by atoms with Gasteiger partial charge in [0.15, 0.2) is 11.5 Å². The van der Waals surface area contributed by atoms with E-state index in [-0.39, 0.29) is 63.8 Å². The molecule has 0 radical (unpaired) electrons. The van der Waals surface area contributed by atoms with Crippen molar-refractivity contribution in [3.63, 3.8) is 0 Å². The number of likely N-dealkylation sites (tertiary alicyclic amines) is 1. The maximum atomic E-state index is 13.7. The van der Waals surface area contributed by atoms with E-state index in [1.807, 2.05) is 6.07 Å². The summed E-state index contributed by atoms with van der Waals surface area (Å²) in [5.41, 5.74) is 0.909. The normalized spacial score (nSPS) is 33.3. The molecule has 38 heavy (non-hydrogen) atoms. The maximum Gasteiger partial charge on any atom is 0.305 e. The molecule has 1 aromatic carbocycles. The van der Waals surface area contributed by atoms with Crippen molar-refractivity contribution in [2.75, 3.05) is 40.0 Å². The molecule has 200 valence electrons. The van der Waals surface area contributed by atoms with Crippen molar-refractivity contribution < 1.29 is 29.0 Å². The van der Waals surface area contributed by atoms with Crippen molar-refractivity contribution in [1.82, 2.24) is 14.8 Å². The van der Waals surface area contributed by atoms with Crippen molar-refractivity contribution >= 4 is 40.8 Å². The second kappa shape index (κ2) is 8.85. The first-order chi connectivity index (χ1) is 18.4. The van der Waals surface area contributed by atoms with Crippen LogP contribution in [0.2, 0.25) is 0 Å². The van der Waals surface area contributed by atoms with Crippen LogP contribution >= 0.6 is 23.1 Å². The lowest BCUT2D eigenvalue weighted by atomic mass is 9.68. The Morgan fingerprint density at radius 3 is 2.63 bits per heavy atom. The number of amides is 3. The number of imide groups is 1. The molecule has 2 saturated carbocycles. The monoisotopic (exact) mass is 557 g/mol. The van der Waals surface area contributed by atoms with E-state index in [9.17, 15) is 24.3 Å². The van der Waals surface area contributed by atoms with Gasteiger partial charge >= 0.3 is 4.87 Å². The molecule has 2 aliphatic carbocycles. The molecule has 2 N–H and O–H groups in total. The number of carbonyl (C=O) groups excluding carboxylic acids is 3. The fourth-order valence-corrected chi connectivity index (χ4v) is 10.4. The van der Waals surface area contributed by atoms with Crippen LogP contribution in [0, 0.1) is 29.6 Å². The first kappa shape index (κ1) is 24.2. The number of H-pyrrole nitrogens is 1. The molecule has 4 fully saturated rings. The van der Waals surface area contributed by atoms with Gasteiger partial charge in [0.05, 0.1) is 37.2 Å². The summed E-state index contributed by atoms with van der Waals surface area (Å²) in [6.07, 6.45) is 0.769. The number of methoxy groups -OCH3 is 1. The van der Waals surface area contributed by atoms with Crippen molar-refractivity contribution in [3.8, 4) is 11.5 Å². The van der Waals surface area contributed by atoms with Gasteiger partial charge in [0, 0.05) is 29.1 Å². The minimum atomic E-state index is -0.453. The zero-order valence-corrected chi connectivity index (χ0v) is 22.3. The number of carbonyl (C=O) groups is 3. The van der Waals surface area contributed by atoms with Crippen LogP contribution in [0.3, 0.4) is 0 Å². The summed E-state index contributed by atoms with van der Waals surface area (Å²) >= 11 is 2.80. The molecule has 2 aromatic rings. The van der Waals surface area contributed by atoms with Gasteiger partial charge in [-0.1, -0.05) is 17.4 Å². The average Bonchev–Trinajstić information content (AvgIpc) is 3.65. The standard InChI is InChI=1S/C26H27N3O7S2/c1-35-15-8-11(2-3-14(15)30)17-18-12-9-13(21(18)37-23-22(17)38-26(34)27-23)20-19(12)24(32)29(25(20)33)10-16(31)28-4-6-36-7-5-28/h2-3,8,12-13,17-21,30H,4-7,9-10H2,1H3,(H,27,34). The van der Waals surface area contributed by atoms with E-state index < -0.39 is 11.8 Å². The highest BCUT2D eigenvalue weighted by Gasteiger charge is 2.69. The molecule has 3 amide bonds. The number of nitrogens with zero attached hydrogens (tertiary/aromatic N) is 2. The lowest BCUT2D eigenvalue weighted by molar-refractivity contribution is -0.148. The van der Waals surface area contributed by atoms with Gasteiger partial charge in [-0.15, -0.1) is 11.8 Å². The Morgan fingerprint density at radius 2 is 1.89 bits per heavy atom. The van der Waals surface area contributed by atoms with E-state index in [2.05, 4.69) is 4.98 Å². The van der Waals surface area contributed by atoms with Crippen LogP contribution in [0.15, 0.2) is 28.0 Å². The maximum absolute atomic E-state index is 13.7. The first-order valence-corrected chi connectivity index (χ1v) is 14.5. The highest BCUT2D eigenvalue weighted by atomic mass is 32.2. The van der Waals surface area contributed by atoms with E-state index in [1.54, 1.807) is 28.8 Å². The molecule has 3 aliphatic heterocycles. The SMILES string of the molecule is COc1cc(C2c3sc(=O)[nH]c3SC3C4CC(C5C(=O)N(CC(=O)N6CCOCC6)C(=O)C45)C23)ccc1O. The largest absolute Gasteiger partial charge is 0.504 e. The van der Waals surface area contributed by atoms with Crippen molar-refractivity contribution in [2.24, 2.45) is 29.6 Å². The fraction of sp³-hybridized carbons (Fsp3) is 0.538. The average molecular weight is 558 g/mol. The number of thiazole rings is 1. The van der Waals surface area contributed by atoms with Gasteiger partial charge in [-0.3, -0.25) is 24.1 Å². The minimum Gasteiger partial charge on any atom is -0.504 e. The van der Waals surface area contributed by atoms with Crippen LogP contribution in [-0.2, 0) is 19.1 Å². The van der Waals surface area contributed by atoms with Crippen LogP contribution in [0.5, 0.6) is 11.5 Å². The van der Waals surface area contributed by atoms with Crippen molar-refractivity contribution in [2.45, 2.75) is 22.6 Å². The lowest BCUT2D eigenvalue weighted by Gasteiger charge is -2.43. The summed E-state index contributed by atoms with van der Waals surface area (Å²) in [5, 5.41) is 11.1. The van der Waals surface area contributed by atoms with Gasteiger partial charge in [0.25, 0.3) is 0 Å². The molecule has 2 saturated heterocycles. The number of phenols is 1. The number of hydrogen-bond donors (Lipinski definition) is 2. The number of nitrogens with one attached hydrogen (secondary N) is 1. The molecular formula is C26H27N3O7S2. The molecule has 12 heteroatoms. The summed E-state index contributed by atoms with van der Waals surface area (Å²) in [7, 11) is 1.50. The number of benzene rings is 1. The van der Waals surface area contributed by atoms with Gasteiger partial charge in [-0.05, 0) is 41.9 Å². The number of thioether (sulfide) groups is 1. The van der Waals surface area contributed by atoms with E-state index in [0.717, 1.165) is 21.9 Å². The molecule has 7 unspecified atom stereocenters. The number of rotatable bonds is 4. The predicted molar refractivity (Wildman–Crippen MR) is 137 cm³/mol. The second-order valence-electron chi connectivity index (χ2n) is 10.6. The third-order valence-electron chi connectivity index (χ3n) is 9.04. The summed E-state index contributed by atoms with van der Waals surface area (Å²) in [5.74, 6) is -1.39. The van der Waals surface area contributed by atoms with Gasteiger partial charge in [-0.25, -0.2) is 0 Å². The smallest absolute Gasteiger partial charge is 0.305 e. The predicted octanol–water partition coefficient (Wildman–Crippen LogP) is 1.48. The number of morpholine rings is 1. The Bertz CT molecular complexity index is 1400. The molecule has 7 rings (SSSR count). The molecule has 5 aliphatic rings. The Morgan fingerprint density at radius 1 is 1.16 bits per heavy atom. The fourth-order valence-electron chi connectivity index (χ4n) is 7.54. The van der Waals surface area contributed by atoms with E-state index in [0.29, 0.717) is 32.1 Å². The van der Waals surface area contributed by atoms with Gasteiger partial charge < -0.3 is 24.5 Å². The van der Waals surface area contributed by atoms with Crippen LogP contribution in [0.4, 0.5) is 0 Å². The van der Waals surface area contributed by atoms with Crippen LogP contribution in [0.1, 0.15) is 22.8 Å². The number of hydrogen-bond acceptors (Lipinski definition) is 9. The highest BCUT2D eigenvalue weighted by Crippen LogP contribution is 2.68. The molecular weight excluding hydrogens is 530 g/mol. The number of fused-ring (bicyclic) bond motifs is 9. The van der Waals surface area contributed by atoms with E-state index in [1.165, 1.54) is 23.3 Å². The molecule has 2 bridgehead atoms. The van der Waals surface area contributed by atoms with Crippen molar-refractivity contribution in [3.05, 3.63) is 38.3 Å². The summed E-state index contributed by atoms with van der Waals surface area (Å²) in [6, 6.07) is 5.25. The van der Waals surface area contributed by atoms with Crippen LogP contribution in [-0.4, -0.2) is 82.8 Å². The second-order valence-corrected chi connectivity index (χ2v) is 12.9. The zero-order chi connectivity index (χ0) is 26.3. The highest BCUT2D eigenvalue weighted by molar-refractivity contribution is 8.00. The number of phenolic OH excluding ortho intramolecular Hbond substituents is 1. The first-order valence-electron chi connectivity index (χ1n) is 12.8. The Hall–Kier alpha value is -2.83. The van der Waals surface area contributed by atoms with Crippen LogP contribution < -0.4 is 9.61 Å².